The van der Waals surface area contributed by atoms with Crippen LogP contribution in [0.25, 0.3) is 0 Å². The number of nitrogens with one attached hydrogen (secondary N) is 2. The highest BCUT2D eigenvalue weighted by Gasteiger charge is 2.19. The fraction of sp³-hybridized carbons (Fsp3) is 0.650. The summed E-state index contributed by atoms with van der Waals surface area (Å²) in [6.45, 7) is 3.35. The lowest BCUT2D eigenvalue weighted by molar-refractivity contribution is -0.0512. The number of alkyl halides is 2. The van der Waals surface area contributed by atoms with Crippen molar-refractivity contribution in [1.82, 2.24) is 15.5 Å². The number of hydrogen-bond acceptors (Lipinski definition) is 4. The van der Waals surface area contributed by atoms with Crippen LogP contribution in [0.3, 0.4) is 0 Å². The second-order valence-electron chi connectivity index (χ2n) is 6.87. The summed E-state index contributed by atoms with van der Waals surface area (Å²) >= 11 is 0. The van der Waals surface area contributed by atoms with Gasteiger partial charge in [-0.1, -0.05) is 13.0 Å². The van der Waals surface area contributed by atoms with Crippen molar-refractivity contribution in [3.05, 3.63) is 23.8 Å². The van der Waals surface area contributed by atoms with Gasteiger partial charge in [0.1, 0.15) is 0 Å². The molecule has 0 spiro atoms. The minimum Gasteiger partial charge on any atom is -0.493 e. The van der Waals surface area contributed by atoms with E-state index in [2.05, 4.69) is 32.2 Å². The van der Waals surface area contributed by atoms with Crippen LogP contribution in [-0.4, -0.2) is 63.8 Å². The fourth-order valence-electron chi connectivity index (χ4n) is 3.40. The third-order valence-corrected chi connectivity index (χ3v) is 4.84. The molecule has 29 heavy (non-hydrogen) atoms. The normalized spacial score (nSPS) is 15.7. The van der Waals surface area contributed by atoms with Crippen molar-refractivity contribution in [1.29, 1.82) is 0 Å². The average molecular weight is 526 g/mol. The average Bonchev–Trinajstić information content (AvgIpc) is 2.68. The molecule has 1 aromatic carbocycles. The molecule has 1 heterocycles. The van der Waals surface area contributed by atoms with E-state index in [9.17, 15) is 8.78 Å². The number of hydrogen-bond donors (Lipinski definition) is 2. The largest absolute Gasteiger partial charge is 0.493 e. The first-order valence-corrected chi connectivity index (χ1v) is 9.87. The molecular formula is C20H33F2IN4O2. The van der Waals surface area contributed by atoms with E-state index in [1.54, 1.807) is 19.2 Å². The molecule has 1 saturated heterocycles. The molecule has 0 amide bonds. The van der Waals surface area contributed by atoms with Gasteiger partial charge in [0.2, 0.25) is 0 Å². The quantitative estimate of drug-likeness (QED) is 0.293. The van der Waals surface area contributed by atoms with Crippen LogP contribution in [0.2, 0.25) is 0 Å². The van der Waals surface area contributed by atoms with Crippen molar-refractivity contribution in [2.45, 2.75) is 45.3 Å². The van der Waals surface area contributed by atoms with E-state index in [0.29, 0.717) is 24.8 Å². The summed E-state index contributed by atoms with van der Waals surface area (Å²) in [5.41, 5.74) is 0.882. The molecule has 9 heteroatoms. The molecule has 6 nitrogen and oxygen atoms in total. The maximum absolute atomic E-state index is 12.5. The van der Waals surface area contributed by atoms with Gasteiger partial charge < -0.3 is 25.0 Å². The van der Waals surface area contributed by atoms with Gasteiger partial charge in [-0.15, -0.1) is 24.0 Å². The Kier molecular flexibility index (Phi) is 12.2. The lowest BCUT2D eigenvalue weighted by Gasteiger charge is -2.32. The van der Waals surface area contributed by atoms with Crippen molar-refractivity contribution in [3.8, 4) is 11.5 Å². The summed E-state index contributed by atoms with van der Waals surface area (Å²) in [7, 11) is 3.18. The number of ether oxygens (including phenoxy) is 2. The number of rotatable bonds is 9. The Morgan fingerprint density at radius 2 is 2.00 bits per heavy atom. The molecule has 0 atom stereocenters. The summed E-state index contributed by atoms with van der Waals surface area (Å²) in [4.78, 5) is 6.79. The summed E-state index contributed by atoms with van der Waals surface area (Å²) in [5.74, 6) is 1.12. The Balaban J connectivity index is 0.00000420. The van der Waals surface area contributed by atoms with Crippen molar-refractivity contribution in [2.75, 3.05) is 40.3 Å². The molecule has 1 aromatic rings. The number of piperidine rings is 1. The SMILES string of the molecule is CCCN1CCC(NC(=NC)NCCc2ccc(OC)c(OC(F)F)c2)CC1.I. The van der Waals surface area contributed by atoms with E-state index in [-0.39, 0.29) is 29.7 Å². The minimum absolute atomic E-state index is 0. The molecule has 1 aliphatic rings. The summed E-state index contributed by atoms with van der Waals surface area (Å²) in [6, 6.07) is 5.50. The molecule has 0 radical (unpaired) electrons. The monoisotopic (exact) mass is 526 g/mol. The molecule has 0 bridgehead atoms. The molecule has 2 N–H and O–H groups in total. The molecule has 0 aromatic heterocycles. The van der Waals surface area contributed by atoms with Crippen molar-refractivity contribution < 1.29 is 18.3 Å². The van der Waals surface area contributed by atoms with Crippen LogP contribution >= 0.6 is 24.0 Å². The number of methoxy groups -OCH3 is 1. The number of aliphatic imine (C=N–C) groups is 1. The Bertz CT molecular complexity index is 626. The highest BCUT2D eigenvalue weighted by molar-refractivity contribution is 14.0. The van der Waals surface area contributed by atoms with Crippen LogP contribution in [0, 0.1) is 0 Å². The molecule has 1 aliphatic heterocycles. The van der Waals surface area contributed by atoms with Crippen molar-refractivity contribution in [2.24, 2.45) is 4.99 Å². The smallest absolute Gasteiger partial charge is 0.387 e. The van der Waals surface area contributed by atoms with E-state index in [0.717, 1.165) is 37.5 Å². The van der Waals surface area contributed by atoms with E-state index in [1.807, 2.05) is 6.07 Å². The molecule has 0 unspecified atom stereocenters. The van der Waals surface area contributed by atoms with E-state index < -0.39 is 6.61 Å². The zero-order valence-corrected chi connectivity index (χ0v) is 19.7. The first-order chi connectivity index (χ1) is 13.5. The minimum atomic E-state index is -2.88. The molecule has 0 aliphatic carbocycles. The Morgan fingerprint density at radius 3 is 2.59 bits per heavy atom. The van der Waals surface area contributed by atoms with Crippen molar-refractivity contribution >= 4 is 29.9 Å². The lowest BCUT2D eigenvalue weighted by Crippen LogP contribution is -2.49. The summed E-state index contributed by atoms with van der Waals surface area (Å²) in [6.07, 6.45) is 4.05. The van der Waals surface area contributed by atoms with Crippen LogP contribution in [0.5, 0.6) is 11.5 Å². The van der Waals surface area contributed by atoms with Gasteiger partial charge in [-0.3, -0.25) is 4.99 Å². The first kappa shape index (κ1) is 25.7. The maximum Gasteiger partial charge on any atom is 0.387 e. The topological polar surface area (TPSA) is 58.1 Å². The van der Waals surface area contributed by atoms with Gasteiger partial charge >= 0.3 is 6.61 Å². The molecule has 2 rings (SSSR count). The van der Waals surface area contributed by atoms with Crippen LogP contribution in [-0.2, 0) is 6.42 Å². The number of benzene rings is 1. The molecule has 1 fully saturated rings. The maximum atomic E-state index is 12.5. The van der Waals surface area contributed by atoms with E-state index >= 15 is 0 Å². The Labute approximate surface area is 189 Å². The van der Waals surface area contributed by atoms with E-state index in [1.165, 1.54) is 20.1 Å². The van der Waals surface area contributed by atoms with Gasteiger partial charge in [0, 0.05) is 32.7 Å². The van der Waals surface area contributed by atoms with Crippen LogP contribution in [0.15, 0.2) is 23.2 Å². The highest BCUT2D eigenvalue weighted by Crippen LogP contribution is 2.29. The Hall–Kier alpha value is -1.36. The second-order valence-corrected chi connectivity index (χ2v) is 6.87. The number of nitrogens with zero attached hydrogens (tertiary/aromatic N) is 2. The lowest BCUT2D eigenvalue weighted by atomic mass is 10.1. The fourth-order valence-corrected chi connectivity index (χ4v) is 3.40. The summed E-state index contributed by atoms with van der Waals surface area (Å²) in [5, 5.41) is 6.77. The van der Waals surface area contributed by atoms with Gasteiger partial charge in [-0.2, -0.15) is 8.78 Å². The molecular weight excluding hydrogens is 493 g/mol. The standard InChI is InChI=1S/C20H32F2N4O2.HI/c1-4-11-26-12-8-16(9-13-26)25-20(23-2)24-10-7-15-5-6-17(27-3)18(14-15)28-19(21)22;/h5-6,14,16,19H,4,7-13H2,1-3H3,(H2,23,24,25);1H. The van der Waals surface area contributed by atoms with E-state index in [4.69, 9.17) is 4.74 Å². The van der Waals surface area contributed by atoms with Gasteiger partial charge in [0.15, 0.2) is 17.5 Å². The molecule has 0 saturated carbocycles. The van der Waals surface area contributed by atoms with Gasteiger partial charge in [-0.25, -0.2) is 0 Å². The number of guanidine groups is 1. The third-order valence-electron chi connectivity index (χ3n) is 4.84. The van der Waals surface area contributed by atoms with Crippen LogP contribution in [0.1, 0.15) is 31.7 Å². The second kappa shape index (κ2) is 13.8. The van der Waals surface area contributed by atoms with Gasteiger partial charge in [0.05, 0.1) is 7.11 Å². The Morgan fingerprint density at radius 1 is 1.28 bits per heavy atom. The van der Waals surface area contributed by atoms with Crippen molar-refractivity contribution in [3.63, 3.8) is 0 Å². The molecule has 166 valence electrons. The number of likely N-dealkylation sites (tertiary alicyclic amines) is 1. The van der Waals surface area contributed by atoms with Crippen LogP contribution in [0.4, 0.5) is 8.78 Å². The first-order valence-electron chi connectivity index (χ1n) is 9.87. The zero-order chi connectivity index (χ0) is 20.4. The zero-order valence-electron chi connectivity index (χ0n) is 17.4. The van der Waals surface area contributed by atoms with Gasteiger partial charge in [-0.05, 0) is 49.9 Å². The summed E-state index contributed by atoms with van der Waals surface area (Å²) < 4.78 is 34.7. The predicted octanol–water partition coefficient (Wildman–Crippen LogP) is 3.50. The predicted molar refractivity (Wildman–Crippen MR) is 123 cm³/mol. The van der Waals surface area contributed by atoms with Gasteiger partial charge in [0.25, 0.3) is 0 Å². The third kappa shape index (κ3) is 8.90. The highest BCUT2D eigenvalue weighted by atomic mass is 127. The van der Waals surface area contributed by atoms with Crippen LogP contribution < -0.4 is 20.1 Å². The number of halogens is 3.